The number of nitrogens with one attached hydrogen (secondary N) is 1. The minimum Gasteiger partial charge on any atom is -0.496 e. The second-order valence-electron chi connectivity index (χ2n) is 5.08. The van der Waals surface area contributed by atoms with E-state index in [0.717, 1.165) is 18.0 Å². The first-order valence-corrected chi connectivity index (χ1v) is 6.72. The number of hydrogen-bond donors (Lipinski definition) is 1. The van der Waals surface area contributed by atoms with Gasteiger partial charge in [-0.05, 0) is 36.9 Å². The summed E-state index contributed by atoms with van der Waals surface area (Å²) in [6, 6.07) is 4.89. The second-order valence-corrected chi connectivity index (χ2v) is 5.08. The molecule has 0 aromatic heterocycles. The van der Waals surface area contributed by atoms with E-state index in [1.807, 2.05) is 6.07 Å². The zero-order chi connectivity index (χ0) is 13.7. The lowest BCUT2D eigenvalue weighted by Gasteiger charge is -2.11. The van der Waals surface area contributed by atoms with Crippen molar-refractivity contribution < 1.29 is 9.66 Å². The fourth-order valence-corrected chi connectivity index (χ4v) is 2.60. The lowest BCUT2D eigenvalue weighted by molar-refractivity contribution is -0.385. The minimum atomic E-state index is -0.386. The monoisotopic (exact) mass is 264 g/mol. The molecule has 0 spiro atoms. The highest BCUT2D eigenvalue weighted by atomic mass is 16.6. The van der Waals surface area contributed by atoms with Crippen LogP contribution in [-0.2, 0) is 6.54 Å². The van der Waals surface area contributed by atoms with E-state index in [1.165, 1.54) is 38.9 Å². The summed E-state index contributed by atoms with van der Waals surface area (Å²) in [6.45, 7) is 1.64. The molecule has 0 saturated heterocycles. The molecule has 1 aromatic carbocycles. The molecule has 1 aliphatic rings. The molecule has 0 heterocycles. The molecule has 1 N–H and O–H groups in total. The Hall–Kier alpha value is -1.62. The Morgan fingerprint density at radius 3 is 2.74 bits per heavy atom. The van der Waals surface area contributed by atoms with Crippen molar-refractivity contribution >= 4 is 5.69 Å². The summed E-state index contributed by atoms with van der Waals surface area (Å²) in [5.41, 5.74) is 0.973. The Balaban J connectivity index is 1.94. The average molecular weight is 264 g/mol. The van der Waals surface area contributed by atoms with Gasteiger partial charge in [-0.25, -0.2) is 0 Å². The molecule has 2 rings (SSSR count). The van der Waals surface area contributed by atoms with Gasteiger partial charge in [0.1, 0.15) is 5.75 Å². The van der Waals surface area contributed by atoms with Gasteiger partial charge in [-0.3, -0.25) is 10.1 Å². The van der Waals surface area contributed by atoms with Gasteiger partial charge in [-0.15, -0.1) is 0 Å². The molecule has 5 heteroatoms. The number of nitrogens with zero attached hydrogens (tertiary/aromatic N) is 1. The maximum absolute atomic E-state index is 10.8. The van der Waals surface area contributed by atoms with E-state index < -0.39 is 0 Å². The Labute approximate surface area is 113 Å². The number of methoxy groups -OCH3 is 1. The van der Waals surface area contributed by atoms with E-state index in [2.05, 4.69) is 5.32 Å². The average Bonchev–Trinajstić information content (AvgIpc) is 2.91. The van der Waals surface area contributed by atoms with E-state index >= 15 is 0 Å². The van der Waals surface area contributed by atoms with Crippen molar-refractivity contribution in [1.82, 2.24) is 5.32 Å². The topological polar surface area (TPSA) is 64.4 Å². The molecule has 0 radical (unpaired) electrons. The third-order valence-corrected chi connectivity index (χ3v) is 3.63. The van der Waals surface area contributed by atoms with E-state index in [4.69, 9.17) is 4.74 Å². The molecule has 0 amide bonds. The molecule has 19 heavy (non-hydrogen) atoms. The molecule has 1 fully saturated rings. The number of ether oxygens (including phenoxy) is 1. The maximum Gasteiger partial charge on any atom is 0.273 e. The van der Waals surface area contributed by atoms with Crippen LogP contribution in [0.15, 0.2) is 18.2 Å². The van der Waals surface area contributed by atoms with Crippen molar-refractivity contribution in [3.8, 4) is 5.75 Å². The van der Waals surface area contributed by atoms with Crippen molar-refractivity contribution in [2.75, 3.05) is 13.7 Å². The predicted octanol–water partition coefficient (Wildman–Crippen LogP) is 2.88. The van der Waals surface area contributed by atoms with Crippen LogP contribution in [0.25, 0.3) is 0 Å². The number of nitro groups is 1. The van der Waals surface area contributed by atoms with Crippen molar-refractivity contribution in [3.05, 3.63) is 33.9 Å². The van der Waals surface area contributed by atoms with Gasteiger partial charge in [0.2, 0.25) is 0 Å². The van der Waals surface area contributed by atoms with Crippen LogP contribution in [0.2, 0.25) is 0 Å². The number of nitro benzene ring substituents is 1. The lowest BCUT2D eigenvalue weighted by Crippen LogP contribution is -2.20. The molecule has 1 aliphatic carbocycles. The van der Waals surface area contributed by atoms with Crippen molar-refractivity contribution in [1.29, 1.82) is 0 Å². The van der Waals surface area contributed by atoms with Gasteiger partial charge >= 0.3 is 0 Å². The van der Waals surface area contributed by atoms with Crippen molar-refractivity contribution in [2.45, 2.75) is 32.2 Å². The summed E-state index contributed by atoms with van der Waals surface area (Å²) < 4.78 is 5.09. The lowest BCUT2D eigenvalue weighted by atomic mass is 10.1. The Bertz CT molecular complexity index is 442. The SMILES string of the molecule is COc1cc(CNCC2CCCC2)cc([N+](=O)[O-])c1. The fraction of sp³-hybridized carbons (Fsp3) is 0.571. The van der Waals surface area contributed by atoms with Crippen LogP contribution in [0.1, 0.15) is 31.2 Å². The van der Waals surface area contributed by atoms with E-state index in [0.29, 0.717) is 12.3 Å². The fourth-order valence-electron chi connectivity index (χ4n) is 2.60. The third kappa shape index (κ3) is 3.92. The number of non-ortho nitro benzene ring substituents is 1. The van der Waals surface area contributed by atoms with Crippen LogP contribution >= 0.6 is 0 Å². The molecule has 1 saturated carbocycles. The molecule has 5 nitrogen and oxygen atoms in total. The van der Waals surface area contributed by atoms with Crippen LogP contribution in [0.3, 0.4) is 0 Å². The van der Waals surface area contributed by atoms with E-state index in [1.54, 1.807) is 6.07 Å². The molecule has 104 valence electrons. The molecule has 1 aromatic rings. The summed E-state index contributed by atoms with van der Waals surface area (Å²) in [4.78, 5) is 10.4. The maximum atomic E-state index is 10.8. The molecule has 0 aliphatic heterocycles. The van der Waals surface area contributed by atoms with Crippen molar-refractivity contribution in [3.63, 3.8) is 0 Å². The normalized spacial score (nSPS) is 15.6. The second kappa shape index (κ2) is 6.52. The van der Waals surface area contributed by atoms with Gasteiger partial charge in [-0.1, -0.05) is 12.8 Å². The van der Waals surface area contributed by atoms with Gasteiger partial charge in [0, 0.05) is 12.6 Å². The largest absolute Gasteiger partial charge is 0.496 e. The summed E-state index contributed by atoms with van der Waals surface area (Å²) in [5, 5.41) is 14.2. The van der Waals surface area contributed by atoms with Gasteiger partial charge in [-0.2, -0.15) is 0 Å². The predicted molar refractivity (Wildman–Crippen MR) is 73.3 cm³/mol. The Kier molecular flexibility index (Phi) is 4.74. The minimum absolute atomic E-state index is 0.0806. The summed E-state index contributed by atoms with van der Waals surface area (Å²) in [5.74, 6) is 1.30. The van der Waals surface area contributed by atoms with E-state index in [9.17, 15) is 10.1 Å². The smallest absolute Gasteiger partial charge is 0.273 e. The highest BCUT2D eigenvalue weighted by molar-refractivity contribution is 5.42. The highest BCUT2D eigenvalue weighted by Crippen LogP contribution is 2.25. The van der Waals surface area contributed by atoms with Gasteiger partial charge in [0.15, 0.2) is 0 Å². The van der Waals surface area contributed by atoms with Gasteiger partial charge in [0.05, 0.1) is 18.1 Å². The first-order chi connectivity index (χ1) is 9.19. The highest BCUT2D eigenvalue weighted by Gasteiger charge is 2.15. The Morgan fingerprint density at radius 2 is 2.11 bits per heavy atom. The zero-order valence-corrected chi connectivity index (χ0v) is 11.2. The number of hydrogen-bond acceptors (Lipinski definition) is 4. The first kappa shape index (κ1) is 13.8. The molecular weight excluding hydrogens is 244 g/mol. The molecule has 0 unspecified atom stereocenters. The Morgan fingerprint density at radius 1 is 1.37 bits per heavy atom. The van der Waals surface area contributed by atoms with Crippen LogP contribution in [0.4, 0.5) is 5.69 Å². The molecule has 0 atom stereocenters. The quantitative estimate of drug-likeness (QED) is 0.634. The number of benzene rings is 1. The van der Waals surface area contributed by atoms with Crippen LogP contribution < -0.4 is 10.1 Å². The third-order valence-electron chi connectivity index (χ3n) is 3.63. The van der Waals surface area contributed by atoms with Crippen molar-refractivity contribution in [2.24, 2.45) is 5.92 Å². The van der Waals surface area contributed by atoms with E-state index in [-0.39, 0.29) is 10.6 Å². The molecule has 0 bridgehead atoms. The summed E-state index contributed by atoms with van der Waals surface area (Å²) in [6.07, 6.45) is 5.25. The number of rotatable bonds is 6. The zero-order valence-electron chi connectivity index (χ0n) is 11.2. The van der Waals surface area contributed by atoms with Gasteiger partial charge in [0.25, 0.3) is 5.69 Å². The van der Waals surface area contributed by atoms with Crippen LogP contribution in [0, 0.1) is 16.0 Å². The van der Waals surface area contributed by atoms with Crippen LogP contribution in [-0.4, -0.2) is 18.6 Å². The summed E-state index contributed by atoms with van der Waals surface area (Å²) >= 11 is 0. The van der Waals surface area contributed by atoms with Crippen LogP contribution in [0.5, 0.6) is 5.75 Å². The molecular formula is C14H20N2O3. The first-order valence-electron chi connectivity index (χ1n) is 6.72. The standard InChI is InChI=1S/C14H20N2O3/c1-19-14-7-12(6-13(8-14)16(17)18)10-15-9-11-4-2-3-5-11/h6-8,11,15H,2-5,9-10H2,1H3. The summed E-state index contributed by atoms with van der Waals surface area (Å²) in [7, 11) is 1.52. The van der Waals surface area contributed by atoms with Gasteiger partial charge < -0.3 is 10.1 Å².